The number of amides is 2. The molecular formula is C14H20ClN5O2. The van der Waals surface area contributed by atoms with Crippen LogP contribution in [0.15, 0.2) is 28.2 Å². The molecule has 1 aromatic carbocycles. The van der Waals surface area contributed by atoms with Gasteiger partial charge in [0.2, 0.25) is 0 Å². The third-order valence-corrected chi connectivity index (χ3v) is 2.81. The van der Waals surface area contributed by atoms with Gasteiger partial charge >= 0.3 is 6.03 Å². The van der Waals surface area contributed by atoms with Crippen LogP contribution in [0.4, 0.5) is 16.2 Å². The molecule has 0 radical (unpaired) electrons. The molecule has 1 aromatic rings. The molecule has 0 saturated carbocycles. The first kappa shape index (κ1) is 17.9. The Balaban J connectivity index is 2.45. The lowest BCUT2D eigenvalue weighted by molar-refractivity contribution is 0.145. The van der Waals surface area contributed by atoms with E-state index in [9.17, 15) is 4.79 Å². The Kier molecular flexibility index (Phi) is 8.63. The maximum Gasteiger partial charge on any atom is 0.319 e. The van der Waals surface area contributed by atoms with Gasteiger partial charge in [0.1, 0.15) is 6.34 Å². The van der Waals surface area contributed by atoms with Gasteiger partial charge in [-0.15, -0.1) is 0 Å². The summed E-state index contributed by atoms with van der Waals surface area (Å²) in [5.74, 6) is 0. The lowest BCUT2D eigenvalue weighted by Gasteiger charge is -2.08. The Morgan fingerprint density at radius 1 is 1.50 bits per heavy atom. The summed E-state index contributed by atoms with van der Waals surface area (Å²) < 4.78 is 5.18. The molecule has 4 N–H and O–H groups in total. The van der Waals surface area contributed by atoms with Gasteiger partial charge in [-0.25, -0.2) is 14.8 Å². The number of carbonyl (C=O) groups is 1. The van der Waals surface area contributed by atoms with Gasteiger partial charge in [-0.3, -0.25) is 0 Å². The third-order valence-electron chi connectivity index (χ3n) is 2.51. The van der Waals surface area contributed by atoms with Crippen LogP contribution in [0.1, 0.15) is 13.3 Å². The van der Waals surface area contributed by atoms with Crippen molar-refractivity contribution in [3.05, 3.63) is 23.2 Å². The van der Waals surface area contributed by atoms with Crippen molar-refractivity contribution in [1.82, 2.24) is 5.32 Å². The monoisotopic (exact) mass is 325 g/mol. The van der Waals surface area contributed by atoms with Crippen molar-refractivity contribution in [2.24, 2.45) is 15.7 Å². The van der Waals surface area contributed by atoms with E-state index >= 15 is 0 Å². The number of rotatable bonds is 8. The van der Waals surface area contributed by atoms with E-state index < -0.39 is 0 Å². The van der Waals surface area contributed by atoms with Crippen LogP contribution in [-0.2, 0) is 4.74 Å². The molecule has 0 aliphatic heterocycles. The second-order valence-electron chi connectivity index (χ2n) is 4.14. The topological polar surface area (TPSA) is 101 Å². The normalized spacial score (nSPS) is 11.2. The Hall–Kier alpha value is -2.12. The first-order chi connectivity index (χ1) is 10.7. The highest BCUT2D eigenvalue weighted by atomic mass is 35.5. The summed E-state index contributed by atoms with van der Waals surface area (Å²) in [4.78, 5) is 19.3. The first-order valence-corrected chi connectivity index (χ1v) is 7.23. The van der Waals surface area contributed by atoms with E-state index in [1.807, 2.05) is 6.92 Å². The van der Waals surface area contributed by atoms with E-state index in [0.29, 0.717) is 36.2 Å². The molecule has 1 rings (SSSR count). The zero-order valence-electron chi connectivity index (χ0n) is 12.4. The average molecular weight is 326 g/mol. The highest BCUT2D eigenvalue weighted by Crippen LogP contribution is 2.27. The molecule has 0 heterocycles. The predicted octanol–water partition coefficient (Wildman–Crippen LogP) is 2.53. The molecule has 2 amide bonds. The van der Waals surface area contributed by atoms with Crippen LogP contribution in [0.25, 0.3) is 0 Å². The Morgan fingerprint density at radius 2 is 2.32 bits per heavy atom. The van der Waals surface area contributed by atoms with Gasteiger partial charge in [0.15, 0.2) is 0 Å². The van der Waals surface area contributed by atoms with Crippen LogP contribution < -0.4 is 16.4 Å². The van der Waals surface area contributed by atoms with E-state index in [2.05, 4.69) is 20.6 Å². The van der Waals surface area contributed by atoms with Gasteiger partial charge in [-0.1, -0.05) is 11.6 Å². The fourth-order valence-corrected chi connectivity index (χ4v) is 1.75. The van der Waals surface area contributed by atoms with Crippen LogP contribution in [0, 0.1) is 0 Å². The minimum atomic E-state index is -0.295. The number of nitrogens with two attached hydrogens (primary N) is 1. The van der Waals surface area contributed by atoms with Crippen molar-refractivity contribution >= 4 is 41.7 Å². The minimum absolute atomic E-state index is 0.295. The third kappa shape index (κ3) is 7.05. The molecule has 0 aliphatic carbocycles. The molecule has 7 nitrogen and oxygen atoms in total. The molecule has 0 fully saturated rings. The SMILES string of the molecule is CCOCCCNC(=O)Nc1ccc(N=CN=CN)c(Cl)c1. The number of ether oxygens (including phenoxy) is 1. The molecule has 0 spiro atoms. The van der Waals surface area contributed by atoms with Crippen LogP contribution in [0.3, 0.4) is 0 Å². The summed E-state index contributed by atoms with van der Waals surface area (Å²) in [6.45, 7) is 3.77. The van der Waals surface area contributed by atoms with Gasteiger partial charge in [-0.2, -0.15) is 0 Å². The van der Waals surface area contributed by atoms with Crippen molar-refractivity contribution in [3.63, 3.8) is 0 Å². The fraction of sp³-hybridized carbons (Fsp3) is 0.357. The Bertz CT molecular complexity index is 534. The lowest BCUT2D eigenvalue weighted by Crippen LogP contribution is -2.30. The zero-order chi connectivity index (χ0) is 16.2. The number of nitrogens with zero attached hydrogens (tertiary/aromatic N) is 2. The second-order valence-corrected chi connectivity index (χ2v) is 4.55. The lowest BCUT2D eigenvalue weighted by atomic mass is 10.3. The Morgan fingerprint density at radius 3 is 3.00 bits per heavy atom. The smallest absolute Gasteiger partial charge is 0.319 e. The number of hydrogen-bond acceptors (Lipinski definition) is 3. The standard InChI is InChI=1S/C14H20ClN5O2/c1-2-22-7-3-6-18-14(21)20-11-4-5-13(12(15)8-11)19-10-17-9-16/h4-5,8-10H,2-3,6-7H2,1H3,(H2,16,17,19)(H2,18,20,21). The number of nitrogens with one attached hydrogen (secondary N) is 2. The maximum atomic E-state index is 11.7. The van der Waals surface area contributed by atoms with E-state index in [1.54, 1.807) is 18.2 Å². The molecule has 120 valence electrons. The molecule has 0 aromatic heterocycles. The average Bonchev–Trinajstić information content (AvgIpc) is 2.49. The van der Waals surface area contributed by atoms with Crippen molar-refractivity contribution in [2.75, 3.05) is 25.1 Å². The second kappa shape index (κ2) is 10.6. The van der Waals surface area contributed by atoms with Crippen molar-refractivity contribution in [3.8, 4) is 0 Å². The number of hydrogen-bond donors (Lipinski definition) is 3. The number of urea groups is 1. The predicted molar refractivity (Wildman–Crippen MR) is 90.4 cm³/mol. The van der Waals surface area contributed by atoms with E-state index in [0.717, 1.165) is 12.8 Å². The zero-order valence-corrected chi connectivity index (χ0v) is 13.1. The molecule has 0 atom stereocenters. The van der Waals surface area contributed by atoms with Gasteiger partial charge < -0.3 is 21.1 Å². The van der Waals surface area contributed by atoms with Crippen LogP contribution in [0.5, 0.6) is 0 Å². The summed E-state index contributed by atoms with van der Waals surface area (Å²) in [6.07, 6.45) is 3.18. The number of anilines is 1. The summed E-state index contributed by atoms with van der Waals surface area (Å²) in [5.41, 5.74) is 6.21. The first-order valence-electron chi connectivity index (χ1n) is 6.85. The molecule has 0 saturated heterocycles. The van der Waals surface area contributed by atoms with Gasteiger partial charge in [-0.05, 0) is 31.5 Å². The number of carbonyl (C=O) groups excluding carboxylic acids is 1. The van der Waals surface area contributed by atoms with Crippen LogP contribution in [0.2, 0.25) is 5.02 Å². The number of aliphatic imine (C=N–C) groups is 2. The van der Waals surface area contributed by atoms with Gasteiger partial charge in [0, 0.05) is 25.4 Å². The van der Waals surface area contributed by atoms with Crippen LogP contribution in [-0.4, -0.2) is 38.5 Å². The molecule has 0 bridgehead atoms. The summed E-state index contributed by atoms with van der Waals surface area (Å²) >= 11 is 6.07. The van der Waals surface area contributed by atoms with Crippen molar-refractivity contribution in [1.29, 1.82) is 0 Å². The molecule has 0 aliphatic rings. The summed E-state index contributed by atoms with van der Waals surface area (Å²) in [7, 11) is 0. The minimum Gasteiger partial charge on any atom is -0.390 e. The highest BCUT2D eigenvalue weighted by Gasteiger charge is 2.04. The van der Waals surface area contributed by atoms with Gasteiger partial charge in [0.05, 0.1) is 17.0 Å². The quantitative estimate of drug-likeness (QED) is 0.389. The molecular weight excluding hydrogens is 306 g/mol. The fourth-order valence-electron chi connectivity index (χ4n) is 1.52. The van der Waals surface area contributed by atoms with E-state index in [-0.39, 0.29) is 6.03 Å². The molecule has 8 heteroatoms. The number of benzene rings is 1. The van der Waals surface area contributed by atoms with Crippen molar-refractivity contribution in [2.45, 2.75) is 13.3 Å². The van der Waals surface area contributed by atoms with E-state index in [4.69, 9.17) is 22.1 Å². The summed E-state index contributed by atoms with van der Waals surface area (Å²) in [6, 6.07) is 4.69. The Labute approximate surface area is 134 Å². The summed E-state index contributed by atoms with van der Waals surface area (Å²) in [5, 5.41) is 5.82. The van der Waals surface area contributed by atoms with Crippen LogP contribution >= 0.6 is 11.6 Å². The number of halogens is 1. The highest BCUT2D eigenvalue weighted by molar-refractivity contribution is 6.33. The maximum absolute atomic E-state index is 11.7. The van der Waals surface area contributed by atoms with Gasteiger partial charge in [0.25, 0.3) is 0 Å². The van der Waals surface area contributed by atoms with Crippen molar-refractivity contribution < 1.29 is 9.53 Å². The van der Waals surface area contributed by atoms with E-state index in [1.165, 1.54) is 6.34 Å². The largest absolute Gasteiger partial charge is 0.390 e. The molecule has 22 heavy (non-hydrogen) atoms. The molecule has 0 unspecified atom stereocenters.